The van der Waals surface area contributed by atoms with E-state index in [1.165, 1.54) is 11.3 Å². The van der Waals surface area contributed by atoms with E-state index < -0.39 is 0 Å². The van der Waals surface area contributed by atoms with Crippen molar-refractivity contribution < 1.29 is 23.8 Å². The van der Waals surface area contributed by atoms with Gasteiger partial charge < -0.3 is 24.3 Å². The second-order valence-electron chi connectivity index (χ2n) is 5.30. The molecule has 0 aliphatic heterocycles. The highest BCUT2D eigenvalue weighted by atomic mass is 32.1. The van der Waals surface area contributed by atoms with E-state index in [1.807, 2.05) is 29.6 Å². The zero-order chi connectivity index (χ0) is 17.6. The highest BCUT2D eigenvalue weighted by Crippen LogP contribution is 2.28. The first kappa shape index (κ1) is 17.5. The predicted molar refractivity (Wildman–Crippen MR) is 95.2 cm³/mol. The summed E-state index contributed by atoms with van der Waals surface area (Å²) in [4.78, 5) is 13.4. The van der Waals surface area contributed by atoms with Crippen LogP contribution < -0.4 is 10.1 Å². The number of nitrogens with one attached hydrogen (secondary N) is 1. The number of carbonyl (C=O) groups is 1. The molecule has 6 nitrogen and oxygen atoms in total. The van der Waals surface area contributed by atoms with Crippen LogP contribution in [0.5, 0.6) is 5.75 Å². The van der Waals surface area contributed by atoms with Crippen LogP contribution in [0.4, 0.5) is 0 Å². The molecule has 0 saturated carbocycles. The van der Waals surface area contributed by atoms with E-state index in [0.29, 0.717) is 11.3 Å². The minimum Gasteiger partial charge on any atom is -0.493 e. The number of benzene rings is 1. The number of rotatable bonds is 8. The number of aliphatic hydroxyl groups excluding tert-OH is 1. The summed E-state index contributed by atoms with van der Waals surface area (Å²) in [5, 5.41) is 14.5. The predicted octanol–water partition coefficient (Wildman–Crippen LogP) is 2.98. The van der Waals surface area contributed by atoms with Crippen LogP contribution in [0.2, 0.25) is 0 Å². The van der Waals surface area contributed by atoms with E-state index in [9.17, 15) is 4.79 Å². The van der Waals surface area contributed by atoms with Crippen molar-refractivity contribution in [3.05, 3.63) is 52.4 Å². The number of para-hydroxylation sites is 1. The number of aliphatic hydroxyl groups is 1. The Labute approximate surface area is 149 Å². The van der Waals surface area contributed by atoms with E-state index in [-0.39, 0.29) is 37.5 Å². The third kappa shape index (κ3) is 4.01. The first-order chi connectivity index (χ1) is 12.2. The van der Waals surface area contributed by atoms with Crippen molar-refractivity contribution in [3.63, 3.8) is 0 Å². The fraction of sp³-hybridized carbons (Fsp3) is 0.278. The van der Waals surface area contributed by atoms with Crippen molar-refractivity contribution in [1.29, 1.82) is 0 Å². The largest absolute Gasteiger partial charge is 0.493 e. The van der Waals surface area contributed by atoms with Crippen LogP contribution in [0.3, 0.4) is 0 Å². The summed E-state index contributed by atoms with van der Waals surface area (Å²) in [6.45, 7) is 0.424. The minimum atomic E-state index is -0.326. The molecule has 0 bridgehead atoms. The van der Waals surface area contributed by atoms with Crippen molar-refractivity contribution in [3.8, 4) is 5.75 Å². The number of ether oxygens (including phenoxy) is 2. The second-order valence-corrected chi connectivity index (χ2v) is 6.28. The molecule has 7 heteroatoms. The van der Waals surface area contributed by atoms with Gasteiger partial charge in [-0.3, -0.25) is 4.79 Å². The van der Waals surface area contributed by atoms with E-state index >= 15 is 0 Å². The first-order valence-corrected chi connectivity index (χ1v) is 8.71. The van der Waals surface area contributed by atoms with Crippen molar-refractivity contribution in [1.82, 2.24) is 5.32 Å². The Morgan fingerprint density at radius 2 is 2.24 bits per heavy atom. The summed E-state index contributed by atoms with van der Waals surface area (Å²) in [6.07, 6.45) is -0.310. The van der Waals surface area contributed by atoms with Gasteiger partial charge in [-0.1, -0.05) is 18.2 Å². The second kappa shape index (κ2) is 8.15. The average molecular weight is 361 g/mol. The van der Waals surface area contributed by atoms with Crippen LogP contribution in [-0.2, 0) is 4.74 Å². The SMILES string of the molecule is COc1cccc2cc(C(=O)NCC(OCCO)c3cccs3)oc12. The number of methoxy groups -OCH3 is 1. The van der Waals surface area contributed by atoms with E-state index in [4.69, 9.17) is 19.0 Å². The molecule has 1 aromatic carbocycles. The molecule has 132 valence electrons. The van der Waals surface area contributed by atoms with Gasteiger partial charge in [0.25, 0.3) is 5.91 Å². The lowest BCUT2D eigenvalue weighted by molar-refractivity contribution is 0.0294. The number of carbonyl (C=O) groups excluding carboxylic acids is 1. The number of furan rings is 1. The molecule has 1 unspecified atom stereocenters. The summed E-state index contributed by atoms with van der Waals surface area (Å²) in [6, 6.07) is 11.0. The molecule has 0 radical (unpaired) electrons. The molecule has 3 aromatic rings. The average Bonchev–Trinajstić information content (AvgIpc) is 3.30. The van der Waals surface area contributed by atoms with Crippen LogP contribution in [0, 0.1) is 0 Å². The van der Waals surface area contributed by atoms with Crippen LogP contribution in [0.15, 0.2) is 46.2 Å². The Kier molecular flexibility index (Phi) is 5.70. The van der Waals surface area contributed by atoms with Crippen LogP contribution in [0.1, 0.15) is 21.5 Å². The van der Waals surface area contributed by atoms with Crippen molar-refractivity contribution in [2.45, 2.75) is 6.10 Å². The highest BCUT2D eigenvalue weighted by Gasteiger charge is 2.18. The Morgan fingerprint density at radius 1 is 1.36 bits per heavy atom. The summed E-state index contributed by atoms with van der Waals surface area (Å²) >= 11 is 1.54. The Bertz CT molecular complexity index is 827. The minimum absolute atomic E-state index is 0.0702. The molecule has 3 rings (SSSR count). The van der Waals surface area contributed by atoms with Crippen molar-refractivity contribution in [2.24, 2.45) is 0 Å². The third-order valence-corrected chi connectivity index (χ3v) is 4.63. The zero-order valence-electron chi connectivity index (χ0n) is 13.7. The normalized spacial score (nSPS) is 12.2. The van der Waals surface area contributed by atoms with Gasteiger partial charge in [-0.2, -0.15) is 0 Å². The quantitative estimate of drug-likeness (QED) is 0.645. The number of fused-ring (bicyclic) bond motifs is 1. The summed E-state index contributed by atoms with van der Waals surface area (Å²) in [5.74, 6) is 0.471. The number of hydrogen-bond acceptors (Lipinski definition) is 6. The monoisotopic (exact) mass is 361 g/mol. The van der Waals surface area contributed by atoms with Crippen LogP contribution in [-0.4, -0.2) is 37.9 Å². The maximum atomic E-state index is 12.4. The standard InChI is InChI=1S/C18H19NO5S/c1-22-13-5-2-4-12-10-14(24-17(12)13)18(21)19-11-15(23-8-7-20)16-6-3-9-25-16/h2-6,9-10,15,20H,7-8,11H2,1H3,(H,19,21). The van der Waals surface area contributed by atoms with E-state index in [2.05, 4.69) is 5.32 Å². The molecule has 0 fully saturated rings. The smallest absolute Gasteiger partial charge is 0.287 e. The van der Waals surface area contributed by atoms with E-state index in [1.54, 1.807) is 19.2 Å². The van der Waals surface area contributed by atoms with Gasteiger partial charge in [-0.05, 0) is 23.6 Å². The lowest BCUT2D eigenvalue weighted by Crippen LogP contribution is -2.29. The summed E-state index contributed by atoms with van der Waals surface area (Å²) < 4.78 is 16.5. The molecule has 0 saturated heterocycles. The van der Waals surface area contributed by atoms with Gasteiger partial charge in [0.15, 0.2) is 17.1 Å². The molecule has 2 aromatic heterocycles. The zero-order valence-corrected chi connectivity index (χ0v) is 14.5. The molecule has 2 N–H and O–H groups in total. The molecule has 0 spiro atoms. The molecule has 0 aliphatic rings. The maximum Gasteiger partial charge on any atom is 0.287 e. The van der Waals surface area contributed by atoms with Crippen molar-refractivity contribution in [2.75, 3.05) is 26.9 Å². The highest BCUT2D eigenvalue weighted by molar-refractivity contribution is 7.10. The number of thiophene rings is 1. The number of amides is 1. The Morgan fingerprint density at radius 3 is 2.96 bits per heavy atom. The number of hydrogen-bond donors (Lipinski definition) is 2. The third-order valence-electron chi connectivity index (χ3n) is 3.67. The van der Waals surface area contributed by atoms with Gasteiger partial charge in [0, 0.05) is 16.8 Å². The molecule has 25 heavy (non-hydrogen) atoms. The molecule has 1 atom stereocenters. The van der Waals surface area contributed by atoms with Gasteiger partial charge in [-0.25, -0.2) is 0 Å². The maximum absolute atomic E-state index is 12.4. The van der Waals surface area contributed by atoms with Gasteiger partial charge >= 0.3 is 0 Å². The van der Waals surface area contributed by atoms with E-state index in [0.717, 1.165) is 10.3 Å². The summed E-state index contributed by atoms with van der Waals surface area (Å²) in [7, 11) is 1.56. The molecule has 1 amide bonds. The van der Waals surface area contributed by atoms with Gasteiger partial charge in [-0.15, -0.1) is 11.3 Å². The van der Waals surface area contributed by atoms with Crippen LogP contribution >= 0.6 is 11.3 Å². The topological polar surface area (TPSA) is 80.9 Å². The molecule has 2 heterocycles. The molecule has 0 aliphatic carbocycles. The lowest BCUT2D eigenvalue weighted by atomic mass is 10.2. The lowest BCUT2D eigenvalue weighted by Gasteiger charge is -2.16. The van der Waals surface area contributed by atoms with Crippen molar-refractivity contribution >= 4 is 28.2 Å². The van der Waals surface area contributed by atoms with Gasteiger partial charge in [0.05, 0.1) is 20.3 Å². The van der Waals surface area contributed by atoms with Crippen LogP contribution in [0.25, 0.3) is 11.0 Å². The molecular formula is C18H19NO5S. The Balaban J connectivity index is 1.70. The van der Waals surface area contributed by atoms with Gasteiger partial charge in [0.2, 0.25) is 0 Å². The first-order valence-electron chi connectivity index (χ1n) is 7.83. The Hall–Kier alpha value is -2.35. The fourth-order valence-corrected chi connectivity index (χ4v) is 3.27. The summed E-state index contributed by atoms with van der Waals surface area (Å²) in [5.41, 5.74) is 0.543. The molecular weight excluding hydrogens is 342 g/mol. The fourth-order valence-electron chi connectivity index (χ4n) is 2.49. The van der Waals surface area contributed by atoms with Gasteiger partial charge in [0.1, 0.15) is 6.10 Å².